The molecule has 3 aromatic rings. The van der Waals surface area contributed by atoms with E-state index in [1.54, 1.807) is 0 Å². The number of hydrogen-bond acceptors (Lipinski definition) is 2. The Hall–Kier alpha value is -2.91. The molecule has 0 radical (unpaired) electrons. The van der Waals surface area contributed by atoms with Gasteiger partial charge in [-0.3, -0.25) is 4.79 Å². The number of ether oxygens (including phenoxy) is 1. The molecule has 0 aromatic heterocycles. The van der Waals surface area contributed by atoms with E-state index in [9.17, 15) is 4.79 Å². The third-order valence-electron chi connectivity index (χ3n) is 6.50. The van der Waals surface area contributed by atoms with Crippen LogP contribution in [0.5, 0.6) is 0 Å². The second-order valence-corrected chi connectivity index (χ2v) is 9.05. The van der Waals surface area contributed by atoms with E-state index in [2.05, 4.69) is 43.3 Å². The van der Waals surface area contributed by atoms with Crippen molar-refractivity contribution in [2.45, 2.75) is 76.4 Å². The SMILES string of the molecule is CCCCCCCCCCC(OC(c1ccccc1)(c1ccccc1)c1ccccc1)C(N)=O. The van der Waals surface area contributed by atoms with E-state index in [0.29, 0.717) is 6.42 Å². The van der Waals surface area contributed by atoms with Crippen molar-refractivity contribution >= 4 is 5.91 Å². The topological polar surface area (TPSA) is 52.3 Å². The number of benzene rings is 3. The van der Waals surface area contributed by atoms with Gasteiger partial charge < -0.3 is 10.5 Å². The summed E-state index contributed by atoms with van der Waals surface area (Å²) in [7, 11) is 0. The van der Waals surface area contributed by atoms with Gasteiger partial charge in [-0.1, -0.05) is 149 Å². The lowest BCUT2D eigenvalue weighted by Gasteiger charge is -2.38. The summed E-state index contributed by atoms with van der Waals surface area (Å²) in [4.78, 5) is 12.6. The molecule has 0 aliphatic rings. The maximum absolute atomic E-state index is 12.6. The highest BCUT2D eigenvalue weighted by Crippen LogP contribution is 2.41. The molecule has 1 atom stereocenters. The molecule has 180 valence electrons. The third kappa shape index (κ3) is 6.80. The summed E-state index contributed by atoms with van der Waals surface area (Å²) in [6.45, 7) is 2.24. The van der Waals surface area contributed by atoms with E-state index < -0.39 is 17.6 Å². The zero-order chi connectivity index (χ0) is 24.1. The van der Waals surface area contributed by atoms with E-state index >= 15 is 0 Å². The van der Waals surface area contributed by atoms with Crippen LogP contribution in [-0.4, -0.2) is 12.0 Å². The minimum absolute atomic E-state index is 0.407. The van der Waals surface area contributed by atoms with E-state index in [-0.39, 0.29) is 0 Å². The highest BCUT2D eigenvalue weighted by atomic mass is 16.5. The van der Waals surface area contributed by atoms with Crippen LogP contribution in [-0.2, 0) is 15.1 Å². The highest BCUT2D eigenvalue weighted by Gasteiger charge is 2.40. The van der Waals surface area contributed by atoms with Crippen LogP contribution in [0, 0.1) is 0 Å². The van der Waals surface area contributed by atoms with Gasteiger partial charge in [0.05, 0.1) is 0 Å². The Kier molecular flexibility index (Phi) is 10.4. The van der Waals surface area contributed by atoms with Crippen LogP contribution in [0.25, 0.3) is 0 Å². The van der Waals surface area contributed by atoms with Gasteiger partial charge in [0.15, 0.2) is 0 Å². The molecule has 1 amide bonds. The molecule has 0 spiro atoms. The Balaban J connectivity index is 1.86. The summed E-state index contributed by atoms with van der Waals surface area (Å²) < 4.78 is 6.84. The van der Waals surface area contributed by atoms with Crippen LogP contribution < -0.4 is 5.73 Å². The van der Waals surface area contributed by atoms with Crippen molar-refractivity contribution in [3.63, 3.8) is 0 Å². The molecule has 0 aliphatic carbocycles. The van der Waals surface area contributed by atoms with Crippen LogP contribution in [0.3, 0.4) is 0 Å². The molecular weight excluding hydrogens is 418 g/mol. The van der Waals surface area contributed by atoms with Crippen molar-refractivity contribution in [3.05, 3.63) is 108 Å². The Morgan fingerprint density at radius 2 is 1.06 bits per heavy atom. The van der Waals surface area contributed by atoms with E-state index in [1.807, 2.05) is 54.6 Å². The molecule has 34 heavy (non-hydrogen) atoms. The van der Waals surface area contributed by atoms with Crippen LogP contribution in [0.1, 0.15) is 81.4 Å². The van der Waals surface area contributed by atoms with Gasteiger partial charge in [0.2, 0.25) is 5.91 Å². The zero-order valence-corrected chi connectivity index (χ0v) is 20.5. The second-order valence-electron chi connectivity index (χ2n) is 9.05. The smallest absolute Gasteiger partial charge is 0.246 e. The minimum atomic E-state index is -0.927. The van der Waals surface area contributed by atoms with Crippen LogP contribution in [0.4, 0.5) is 0 Å². The monoisotopic (exact) mass is 457 g/mol. The Bertz CT molecular complexity index is 860. The predicted molar refractivity (Wildman–Crippen MR) is 141 cm³/mol. The van der Waals surface area contributed by atoms with Crippen molar-refractivity contribution < 1.29 is 9.53 Å². The normalized spacial score (nSPS) is 12.4. The van der Waals surface area contributed by atoms with E-state index in [0.717, 1.165) is 29.5 Å². The Morgan fingerprint density at radius 1 is 0.676 bits per heavy atom. The molecule has 3 aromatic carbocycles. The number of hydrogen-bond donors (Lipinski definition) is 1. The van der Waals surface area contributed by atoms with Crippen LogP contribution >= 0.6 is 0 Å². The maximum Gasteiger partial charge on any atom is 0.246 e. The molecule has 3 nitrogen and oxygen atoms in total. The van der Waals surface area contributed by atoms with Gasteiger partial charge in [0, 0.05) is 0 Å². The van der Waals surface area contributed by atoms with Crippen molar-refractivity contribution in [1.29, 1.82) is 0 Å². The quantitative estimate of drug-likeness (QED) is 0.191. The van der Waals surface area contributed by atoms with Crippen molar-refractivity contribution in [3.8, 4) is 0 Å². The van der Waals surface area contributed by atoms with Gasteiger partial charge in [-0.15, -0.1) is 0 Å². The summed E-state index contributed by atoms with van der Waals surface area (Å²) in [6, 6.07) is 30.4. The first kappa shape index (κ1) is 25.7. The van der Waals surface area contributed by atoms with E-state index in [4.69, 9.17) is 10.5 Å². The lowest BCUT2D eigenvalue weighted by molar-refractivity contribution is -0.138. The van der Waals surface area contributed by atoms with Crippen LogP contribution in [0.15, 0.2) is 91.0 Å². The van der Waals surface area contributed by atoms with E-state index in [1.165, 1.54) is 38.5 Å². The van der Waals surface area contributed by atoms with Crippen LogP contribution in [0.2, 0.25) is 0 Å². The minimum Gasteiger partial charge on any atom is -0.367 e. The largest absolute Gasteiger partial charge is 0.367 e. The summed E-state index contributed by atoms with van der Waals surface area (Å²) in [5.41, 5.74) is 7.93. The number of rotatable bonds is 15. The maximum atomic E-state index is 12.6. The number of primary amides is 1. The number of amides is 1. The predicted octanol–water partition coefficient (Wildman–Crippen LogP) is 7.38. The summed E-state index contributed by atoms with van der Waals surface area (Å²) in [5.74, 6) is -0.407. The fourth-order valence-electron chi connectivity index (χ4n) is 4.66. The summed E-state index contributed by atoms with van der Waals surface area (Å²) >= 11 is 0. The first-order valence-electron chi connectivity index (χ1n) is 12.8. The molecule has 2 N–H and O–H groups in total. The molecule has 0 bridgehead atoms. The molecule has 0 fully saturated rings. The number of carbonyl (C=O) groups is 1. The lowest BCUT2D eigenvalue weighted by Crippen LogP contribution is -2.42. The fraction of sp³-hybridized carbons (Fsp3) is 0.387. The van der Waals surface area contributed by atoms with Gasteiger partial charge in [0.1, 0.15) is 11.7 Å². The van der Waals surface area contributed by atoms with Crippen molar-refractivity contribution in [1.82, 2.24) is 0 Å². The van der Waals surface area contributed by atoms with Crippen molar-refractivity contribution in [2.24, 2.45) is 5.73 Å². The van der Waals surface area contributed by atoms with Gasteiger partial charge in [-0.05, 0) is 23.1 Å². The van der Waals surface area contributed by atoms with Gasteiger partial charge in [-0.2, -0.15) is 0 Å². The molecule has 1 unspecified atom stereocenters. The van der Waals surface area contributed by atoms with Gasteiger partial charge in [0.25, 0.3) is 0 Å². The second kappa shape index (κ2) is 13.7. The molecule has 0 saturated heterocycles. The lowest BCUT2D eigenvalue weighted by atomic mass is 9.79. The molecular formula is C31H39NO2. The first-order chi connectivity index (χ1) is 16.7. The third-order valence-corrected chi connectivity index (χ3v) is 6.50. The summed E-state index contributed by atoms with van der Waals surface area (Å²) in [6.07, 6.45) is 9.60. The number of carbonyl (C=O) groups excluding carboxylic acids is 1. The average Bonchev–Trinajstić information content (AvgIpc) is 2.89. The van der Waals surface area contributed by atoms with Gasteiger partial charge >= 0.3 is 0 Å². The Morgan fingerprint density at radius 3 is 1.44 bits per heavy atom. The van der Waals surface area contributed by atoms with Crippen molar-refractivity contribution in [2.75, 3.05) is 0 Å². The molecule has 0 aliphatic heterocycles. The number of nitrogens with two attached hydrogens (primary N) is 1. The van der Waals surface area contributed by atoms with Gasteiger partial charge in [-0.25, -0.2) is 0 Å². The molecule has 0 saturated carbocycles. The Labute approximate surface area is 205 Å². The molecule has 3 rings (SSSR count). The molecule has 3 heteroatoms. The standard InChI is InChI=1S/C31H39NO2/c1-2-3-4-5-6-7-8-18-25-29(30(32)33)34-31(26-19-12-9-13-20-26,27-21-14-10-15-22-27)28-23-16-11-17-24-28/h9-17,19-24,29H,2-8,18,25H2,1H3,(H2,32,33). The average molecular weight is 458 g/mol. The number of unbranched alkanes of at least 4 members (excludes halogenated alkanes) is 7. The highest BCUT2D eigenvalue weighted by molar-refractivity contribution is 5.79. The summed E-state index contributed by atoms with van der Waals surface area (Å²) in [5, 5.41) is 0. The zero-order valence-electron chi connectivity index (χ0n) is 20.5. The first-order valence-corrected chi connectivity index (χ1v) is 12.8. The fourth-order valence-corrected chi connectivity index (χ4v) is 4.66. The molecule has 0 heterocycles.